The van der Waals surface area contributed by atoms with Crippen molar-refractivity contribution in [2.24, 2.45) is 5.92 Å². The van der Waals surface area contributed by atoms with E-state index in [1.54, 1.807) is 6.08 Å². The topological polar surface area (TPSA) is 64.8 Å². The van der Waals surface area contributed by atoms with Crippen LogP contribution in [0.1, 0.15) is 11.4 Å². The Morgan fingerprint density at radius 3 is 2.50 bits per heavy atom. The van der Waals surface area contributed by atoms with Gasteiger partial charge in [-0.2, -0.15) is 0 Å². The summed E-state index contributed by atoms with van der Waals surface area (Å²) in [6.07, 6.45) is 2.29. The Hall–Kier alpha value is -2.73. The van der Waals surface area contributed by atoms with Crippen LogP contribution in [0.15, 0.2) is 66.1 Å². The number of benzene rings is 2. The maximum absolute atomic E-state index is 11.7. The number of sulfone groups is 1. The smallest absolute Gasteiger partial charge is 0.181 e. The lowest BCUT2D eigenvalue weighted by Gasteiger charge is -2.10. The summed E-state index contributed by atoms with van der Waals surface area (Å²) in [6, 6.07) is 17.8. The van der Waals surface area contributed by atoms with E-state index in [1.807, 2.05) is 66.2 Å². The molecule has 0 saturated heterocycles. The minimum Gasteiger partial charge on any atom is -0.224 e. The zero-order valence-corrected chi connectivity index (χ0v) is 15.2. The molecule has 0 spiro atoms. The van der Waals surface area contributed by atoms with Gasteiger partial charge in [0.25, 0.3) is 0 Å². The van der Waals surface area contributed by atoms with Gasteiger partial charge in [0, 0.05) is 17.4 Å². The van der Waals surface area contributed by atoms with Crippen LogP contribution in [0, 0.1) is 12.8 Å². The fourth-order valence-corrected chi connectivity index (χ4v) is 4.58. The number of para-hydroxylation sites is 1. The van der Waals surface area contributed by atoms with Gasteiger partial charge >= 0.3 is 0 Å². The minimum atomic E-state index is -3.08. The van der Waals surface area contributed by atoms with Crippen LogP contribution in [0.25, 0.3) is 17.1 Å². The summed E-state index contributed by atoms with van der Waals surface area (Å²) < 4.78 is 25.3. The Labute approximate surface area is 152 Å². The van der Waals surface area contributed by atoms with Gasteiger partial charge in [-0.3, -0.25) is 0 Å². The average molecular weight is 365 g/mol. The molecule has 0 N–H and O–H groups in total. The second-order valence-corrected chi connectivity index (χ2v) is 8.47. The van der Waals surface area contributed by atoms with E-state index in [-0.39, 0.29) is 11.7 Å². The highest BCUT2D eigenvalue weighted by Crippen LogP contribution is 2.24. The molecule has 1 aliphatic heterocycles. The first-order chi connectivity index (χ1) is 12.5. The van der Waals surface area contributed by atoms with E-state index in [0.29, 0.717) is 12.2 Å². The number of hydrogen-bond acceptors (Lipinski definition) is 4. The molecule has 4 rings (SSSR count). The zero-order valence-electron chi connectivity index (χ0n) is 14.4. The first-order valence-corrected chi connectivity index (χ1v) is 10.2. The van der Waals surface area contributed by atoms with Crippen LogP contribution < -0.4 is 0 Å². The third-order valence-electron chi connectivity index (χ3n) is 4.50. The van der Waals surface area contributed by atoms with Gasteiger partial charge in [0.05, 0.1) is 11.4 Å². The molecule has 1 aromatic heterocycles. The number of aryl methyl sites for hydroxylation is 1. The normalized spacial score (nSPS) is 18.3. The molecule has 3 aromatic rings. The first kappa shape index (κ1) is 16.7. The van der Waals surface area contributed by atoms with E-state index in [9.17, 15) is 8.42 Å². The van der Waals surface area contributed by atoms with Crippen molar-refractivity contribution in [1.82, 2.24) is 14.8 Å². The first-order valence-electron chi connectivity index (χ1n) is 8.50. The number of allylic oxidation sites excluding steroid dienone is 1. The maximum Gasteiger partial charge on any atom is 0.181 e. The second-order valence-electron chi connectivity index (χ2n) is 6.54. The standard InChI is InChI=1S/C20H19N3O2S/c1-15-7-5-6-10-18(15)23-19(13-16-11-12-26(24,25)14-16)21-20(22-23)17-8-3-2-4-9-17/h2-12,16H,13-14H2,1H3/t16-/m0/s1. The van der Waals surface area contributed by atoms with E-state index in [1.165, 1.54) is 5.41 Å². The van der Waals surface area contributed by atoms with Crippen LogP contribution in [0.3, 0.4) is 0 Å². The van der Waals surface area contributed by atoms with Gasteiger partial charge in [-0.25, -0.2) is 18.1 Å². The van der Waals surface area contributed by atoms with Gasteiger partial charge in [-0.1, -0.05) is 54.6 Å². The van der Waals surface area contributed by atoms with Crippen molar-refractivity contribution in [3.63, 3.8) is 0 Å². The summed E-state index contributed by atoms with van der Waals surface area (Å²) in [7, 11) is -3.08. The van der Waals surface area contributed by atoms with Crippen molar-refractivity contribution in [2.45, 2.75) is 13.3 Å². The van der Waals surface area contributed by atoms with Crippen LogP contribution in [0.5, 0.6) is 0 Å². The van der Waals surface area contributed by atoms with Crippen LogP contribution in [0.4, 0.5) is 0 Å². The molecule has 0 bridgehead atoms. The van der Waals surface area contributed by atoms with E-state index in [4.69, 9.17) is 10.1 Å². The van der Waals surface area contributed by atoms with E-state index in [2.05, 4.69) is 0 Å². The van der Waals surface area contributed by atoms with Gasteiger partial charge in [0.15, 0.2) is 15.7 Å². The van der Waals surface area contributed by atoms with E-state index >= 15 is 0 Å². The molecule has 1 atom stereocenters. The Bertz CT molecular complexity index is 1070. The molecule has 0 saturated carbocycles. The predicted molar refractivity (Wildman–Crippen MR) is 102 cm³/mol. The van der Waals surface area contributed by atoms with Gasteiger partial charge < -0.3 is 0 Å². The summed E-state index contributed by atoms with van der Waals surface area (Å²) in [5, 5.41) is 6.03. The number of nitrogens with zero attached hydrogens (tertiary/aromatic N) is 3. The predicted octanol–water partition coefficient (Wildman–Crippen LogP) is 3.34. The molecule has 6 heteroatoms. The Balaban J connectivity index is 1.77. The quantitative estimate of drug-likeness (QED) is 0.711. The van der Waals surface area contributed by atoms with Crippen LogP contribution in [0.2, 0.25) is 0 Å². The molecule has 2 heterocycles. The fourth-order valence-electron chi connectivity index (χ4n) is 3.18. The van der Waals surface area contributed by atoms with Crippen molar-refractivity contribution in [3.8, 4) is 17.1 Å². The fraction of sp³-hybridized carbons (Fsp3) is 0.200. The highest BCUT2D eigenvalue weighted by atomic mass is 32.2. The van der Waals surface area contributed by atoms with Crippen LogP contribution in [-0.2, 0) is 16.3 Å². The van der Waals surface area contributed by atoms with Crippen LogP contribution in [-0.4, -0.2) is 28.9 Å². The highest BCUT2D eigenvalue weighted by molar-refractivity contribution is 7.94. The van der Waals surface area contributed by atoms with Crippen molar-refractivity contribution in [2.75, 3.05) is 5.75 Å². The lowest BCUT2D eigenvalue weighted by molar-refractivity contribution is 0.593. The number of rotatable bonds is 4. The Kier molecular flexibility index (Phi) is 4.20. The zero-order chi connectivity index (χ0) is 18.1. The summed E-state index contributed by atoms with van der Waals surface area (Å²) >= 11 is 0. The summed E-state index contributed by atoms with van der Waals surface area (Å²) in [6.45, 7) is 2.03. The monoisotopic (exact) mass is 365 g/mol. The number of hydrogen-bond donors (Lipinski definition) is 0. The van der Waals surface area contributed by atoms with Gasteiger partial charge in [-0.05, 0) is 24.5 Å². The molecular weight excluding hydrogens is 346 g/mol. The lowest BCUT2D eigenvalue weighted by atomic mass is 10.1. The molecule has 132 valence electrons. The van der Waals surface area contributed by atoms with E-state index < -0.39 is 9.84 Å². The van der Waals surface area contributed by atoms with Gasteiger partial charge in [-0.15, -0.1) is 5.10 Å². The number of aromatic nitrogens is 3. The molecule has 5 nitrogen and oxygen atoms in total. The molecule has 1 aliphatic rings. The van der Waals surface area contributed by atoms with Gasteiger partial charge in [0.2, 0.25) is 0 Å². The van der Waals surface area contributed by atoms with Crippen molar-refractivity contribution < 1.29 is 8.42 Å². The highest BCUT2D eigenvalue weighted by Gasteiger charge is 2.25. The van der Waals surface area contributed by atoms with Gasteiger partial charge in [0.1, 0.15) is 5.82 Å². The molecule has 0 amide bonds. The summed E-state index contributed by atoms with van der Waals surface area (Å²) in [5.74, 6) is 1.48. The molecule has 26 heavy (non-hydrogen) atoms. The average Bonchev–Trinajstić information content (AvgIpc) is 3.19. The Morgan fingerprint density at radius 1 is 1.08 bits per heavy atom. The maximum atomic E-state index is 11.7. The molecule has 2 aromatic carbocycles. The van der Waals surface area contributed by atoms with Crippen molar-refractivity contribution in [1.29, 1.82) is 0 Å². The molecule has 0 aliphatic carbocycles. The third-order valence-corrected chi connectivity index (χ3v) is 5.96. The second kappa shape index (κ2) is 6.53. The summed E-state index contributed by atoms with van der Waals surface area (Å²) in [5.41, 5.74) is 2.99. The van der Waals surface area contributed by atoms with E-state index in [0.717, 1.165) is 22.6 Å². The molecule has 0 fully saturated rings. The van der Waals surface area contributed by atoms with Crippen molar-refractivity contribution in [3.05, 3.63) is 77.5 Å². The van der Waals surface area contributed by atoms with Crippen molar-refractivity contribution >= 4 is 9.84 Å². The SMILES string of the molecule is Cc1ccccc1-n1nc(-c2ccccc2)nc1C[C@@H]1C=CS(=O)(=O)C1. The summed E-state index contributed by atoms with van der Waals surface area (Å²) in [4.78, 5) is 4.73. The Morgan fingerprint density at radius 2 is 1.81 bits per heavy atom. The largest absolute Gasteiger partial charge is 0.224 e. The molecule has 0 radical (unpaired) electrons. The molecule has 0 unspecified atom stereocenters. The minimum absolute atomic E-state index is 0.0735. The lowest BCUT2D eigenvalue weighted by Crippen LogP contribution is -2.13. The molecular formula is C20H19N3O2S. The van der Waals surface area contributed by atoms with Crippen LogP contribution >= 0.6 is 0 Å². The third kappa shape index (κ3) is 3.32.